The molecule has 0 aromatic heterocycles. The van der Waals surface area contributed by atoms with Crippen molar-refractivity contribution in [3.05, 3.63) is 59.2 Å². The summed E-state index contributed by atoms with van der Waals surface area (Å²) in [6.45, 7) is 2.38. The molecule has 0 aliphatic rings. The predicted molar refractivity (Wildman–Crippen MR) is 80.7 cm³/mol. The van der Waals surface area contributed by atoms with Gasteiger partial charge in [0.25, 0.3) is 5.91 Å². The molecule has 0 unspecified atom stereocenters. The number of anilines is 2. The van der Waals surface area contributed by atoms with Crippen molar-refractivity contribution >= 4 is 17.3 Å². The molecule has 1 amide bonds. The summed E-state index contributed by atoms with van der Waals surface area (Å²) in [5.41, 5.74) is 9.53. The molecular weight excluding hydrogens is 252 g/mol. The molecule has 3 N–H and O–H groups in total. The maximum Gasteiger partial charge on any atom is 0.257 e. The smallest absolute Gasteiger partial charge is 0.257 e. The van der Waals surface area contributed by atoms with E-state index in [1.54, 1.807) is 19.2 Å². The number of hydrogen-bond acceptors (Lipinski definition) is 3. The number of amides is 1. The maximum absolute atomic E-state index is 12.3. The molecule has 0 bridgehead atoms. The van der Waals surface area contributed by atoms with Crippen molar-refractivity contribution < 1.29 is 9.53 Å². The number of para-hydroxylation sites is 1. The van der Waals surface area contributed by atoms with Gasteiger partial charge in [0, 0.05) is 24.0 Å². The Balaban J connectivity index is 2.23. The van der Waals surface area contributed by atoms with Crippen LogP contribution in [0.2, 0.25) is 0 Å². The number of rotatable bonds is 4. The van der Waals surface area contributed by atoms with Crippen LogP contribution in [-0.2, 0) is 11.3 Å². The number of ether oxygens (including phenoxy) is 1. The average Bonchev–Trinajstić information content (AvgIpc) is 2.41. The fourth-order valence-corrected chi connectivity index (χ4v) is 2.00. The van der Waals surface area contributed by atoms with Crippen LogP contribution in [0.5, 0.6) is 0 Å². The van der Waals surface area contributed by atoms with Crippen LogP contribution in [0.25, 0.3) is 0 Å². The lowest BCUT2D eigenvalue weighted by Crippen LogP contribution is -2.15. The third-order valence-corrected chi connectivity index (χ3v) is 3.02. The molecule has 0 fully saturated rings. The minimum atomic E-state index is -0.217. The summed E-state index contributed by atoms with van der Waals surface area (Å²) in [5.74, 6) is -0.217. The summed E-state index contributed by atoms with van der Waals surface area (Å²) in [5, 5.41) is 2.87. The van der Waals surface area contributed by atoms with Crippen molar-refractivity contribution in [1.29, 1.82) is 0 Å². The molecule has 0 aliphatic heterocycles. The standard InChI is InChI=1S/C16H18N2O2/c1-11-7-8-13(14(17)9-11)16(19)18-15-6-4-3-5-12(15)10-20-2/h3-9H,10,17H2,1-2H3,(H,18,19). The minimum absolute atomic E-state index is 0.217. The van der Waals surface area contributed by atoms with E-state index in [0.717, 1.165) is 16.8 Å². The summed E-state index contributed by atoms with van der Waals surface area (Å²) in [6.07, 6.45) is 0. The lowest BCUT2D eigenvalue weighted by atomic mass is 10.1. The fourth-order valence-electron chi connectivity index (χ4n) is 2.00. The SMILES string of the molecule is COCc1ccccc1NC(=O)c1ccc(C)cc1N. The summed E-state index contributed by atoms with van der Waals surface area (Å²) >= 11 is 0. The number of aryl methyl sites for hydroxylation is 1. The van der Waals surface area contributed by atoms with Gasteiger partial charge in [-0.15, -0.1) is 0 Å². The lowest BCUT2D eigenvalue weighted by Gasteiger charge is -2.11. The second-order valence-corrected chi connectivity index (χ2v) is 4.63. The monoisotopic (exact) mass is 270 g/mol. The third-order valence-electron chi connectivity index (χ3n) is 3.02. The molecule has 0 saturated carbocycles. The Morgan fingerprint density at radius 2 is 2.00 bits per heavy atom. The van der Waals surface area contributed by atoms with Crippen LogP contribution in [0, 0.1) is 6.92 Å². The van der Waals surface area contributed by atoms with Crippen molar-refractivity contribution in [1.82, 2.24) is 0 Å². The van der Waals surface area contributed by atoms with Crippen molar-refractivity contribution in [2.24, 2.45) is 0 Å². The second-order valence-electron chi connectivity index (χ2n) is 4.63. The Bertz CT molecular complexity index is 624. The van der Waals surface area contributed by atoms with Crippen molar-refractivity contribution in [2.45, 2.75) is 13.5 Å². The molecule has 0 radical (unpaired) electrons. The molecule has 0 aliphatic carbocycles. The maximum atomic E-state index is 12.3. The van der Waals surface area contributed by atoms with Crippen LogP contribution in [0.4, 0.5) is 11.4 Å². The van der Waals surface area contributed by atoms with Gasteiger partial charge in [0.15, 0.2) is 0 Å². The first-order valence-electron chi connectivity index (χ1n) is 6.36. The number of nitrogens with one attached hydrogen (secondary N) is 1. The molecule has 0 atom stereocenters. The molecule has 2 aromatic rings. The molecule has 2 aromatic carbocycles. The van der Waals surface area contributed by atoms with Crippen molar-refractivity contribution in [2.75, 3.05) is 18.2 Å². The van der Waals surface area contributed by atoms with Gasteiger partial charge in [-0.05, 0) is 30.7 Å². The number of carbonyl (C=O) groups excluding carboxylic acids is 1. The summed E-state index contributed by atoms with van der Waals surface area (Å²) in [7, 11) is 1.62. The molecule has 20 heavy (non-hydrogen) atoms. The topological polar surface area (TPSA) is 64.3 Å². The van der Waals surface area contributed by atoms with E-state index in [9.17, 15) is 4.79 Å². The van der Waals surface area contributed by atoms with Crippen molar-refractivity contribution in [3.8, 4) is 0 Å². The van der Waals surface area contributed by atoms with E-state index in [2.05, 4.69) is 5.32 Å². The highest BCUT2D eigenvalue weighted by molar-refractivity contribution is 6.08. The first-order chi connectivity index (χ1) is 9.61. The largest absolute Gasteiger partial charge is 0.398 e. The average molecular weight is 270 g/mol. The summed E-state index contributed by atoms with van der Waals surface area (Å²) < 4.78 is 5.12. The summed E-state index contributed by atoms with van der Waals surface area (Å²) in [6, 6.07) is 12.9. The zero-order valence-corrected chi connectivity index (χ0v) is 11.6. The number of hydrogen-bond donors (Lipinski definition) is 2. The van der Waals surface area contributed by atoms with Crippen molar-refractivity contribution in [3.63, 3.8) is 0 Å². The normalized spacial score (nSPS) is 10.3. The molecule has 0 saturated heterocycles. The highest BCUT2D eigenvalue weighted by Crippen LogP contribution is 2.19. The molecule has 0 spiro atoms. The molecule has 4 nitrogen and oxygen atoms in total. The Kier molecular flexibility index (Phi) is 4.38. The molecule has 104 valence electrons. The number of nitrogens with two attached hydrogens (primary N) is 1. The zero-order valence-electron chi connectivity index (χ0n) is 11.6. The highest BCUT2D eigenvalue weighted by Gasteiger charge is 2.11. The quantitative estimate of drug-likeness (QED) is 0.839. The van der Waals surface area contributed by atoms with Crippen LogP contribution in [0.1, 0.15) is 21.5 Å². The number of methoxy groups -OCH3 is 1. The van der Waals surface area contributed by atoms with Crippen LogP contribution in [0.15, 0.2) is 42.5 Å². The fraction of sp³-hybridized carbons (Fsp3) is 0.188. The third kappa shape index (κ3) is 3.16. The Labute approximate surface area is 118 Å². The van der Waals surface area contributed by atoms with E-state index in [0.29, 0.717) is 17.9 Å². The van der Waals surface area contributed by atoms with E-state index < -0.39 is 0 Å². The highest BCUT2D eigenvalue weighted by atomic mass is 16.5. The molecule has 0 heterocycles. The molecule has 2 rings (SSSR count). The van der Waals surface area contributed by atoms with Gasteiger partial charge < -0.3 is 15.8 Å². The van der Waals surface area contributed by atoms with Crippen LogP contribution in [0.3, 0.4) is 0 Å². The Morgan fingerprint density at radius 3 is 2.70 bits per heavy atom. The van der Waals surface area contributed by atoms with Gasteiger partial charge in [-0.1, -0.05) is 24.3 Å². The van der Waals surface area contributed by atoms with E-state index in [1.165, 1.54) is 0 Å². The zero-order chi connectivity index (χ0) is 14.5. The van der Waals surface area contributed by atoms with Gasteiger partial charge in [0.1, 0.15) is 0 Å². The van der Waals surface area contributed by atoms with E-state index in [4.69, 9.17) is 10.5 Å². The van der Waals surface area contributed by atoms with Crippen LogP contribution >= 0.6 is 0 Å². The van der Waals surface area contributed by atoms with Crippen LogP contribution < -0.4 is 11.1 Å². The van der Waals surface area contributed by atoms with Gasteiger partial charge >= 0.3 is 0 Å². The predicted octanol–water partition coefficient (Wildman–Crippen LogP) is 2.98. The van der Waals surface area contributed by atoms with E-state index in [1.807, 2.05) is 37.3 Å². The van der Waals surface area contributed by atoms with Gasteiger partial charge in [-0.2, -0.15) is 0 Å². The summed E-state index contributed by atoms with van der Waals surface area (Å²) in [4.78, 5) is 12.3. The number of carbonyl (C=O) groups is 1. The first kappa shape index (κ1) is 14.1. The number of benzene rings is 2. The molecule has 4 heteroatoms. The van der Waals surface area contributed by atoms with E-state index in [-0.39, 0.29) is 5.91 Å². The van der Waals surface area contributed by atoms with Gasteiger partial charge in [0.2, 0.25) is 0 Å². The Hall–Kier alpha value is -2.33. The van der Waals surface area contributed by atoms with Gasteiger partial charge in [-0.3, -0.25) is 4.79 Å². The lowest BCUT2D eigenvalue weighted by molar-refractivity contribution is 0.102. The minimum Gasteiger partial charge on any atom is -0.398 e. The number of nitrogen functional groups attached to an aromatic ring is 1. The first-order valence-corrected chi connectivity index (χ1v) is 6.36. The second kappa shape index (κ2) is 6.21. The van der Waals surface area contributed by atoms with Crippen LogP contribution in [-0.4, -0.2) is 13.0 Å². The van der Waals surface area contributed by atoms with Gasteiger partial charge in [0.05, 0.1) is 12.2 Å². The Morgan fingerprint density at radius 1 is 1.25 bits per heavy atom. The molecular formula is C16H18N2O2. The van der Waals surface area contributed by atoms with Gasteiger partial charge in [-0.25, -0.2) is 0 Å². The van der Waals surface area contributed by atoms with E-state index >= 15 is 0 Å².